The van der Waals surface area contributed by atoms with E-state index in [0.29, 0.717) is 103 Å². The van der Waals surface area contributed by atoms with Crippen molar-refractivity contribution in [1.82, 2.24) is 4.90 Å². The fraction of sp³-hybridized carbons (Fsp3) is 0.630. The normalized spacial score (nSPS) is 26.7. The molecule has 5 rings (SSSR count). The summed E-state index contributed by atoms with van der Waals surface area (Å²) < 4.78 is 70.2. The van der Waals surface area contributed by atoms with Crippen LogP contribution in [-0.4, -0.2) is 168 Å². The van der Waals surface area contributed by atoms with E-state index < -0.39 is 60.7 Å². The molecule has 0 saturated carbocycles. The first-order valence-corrected chi connectivity index (χ1v) is 22.6. The van der Waals surface area contributed by atoms with Gasteiger partial charge in [-0.15, -0.1) is 0 Å². The molecule has 0 aromatic heterocycles. The number of aliphatic hydroxyl groups is 1. The van der Waals surface area contributed by atoms with Crippen LogP contribution in [0.15, 0.2) is 48.5 Å². The van der Waals surface area contributed by atoms with E-state index in [1.807, 2.05) is 48.5 Å². The predicted molar refractivity (Wildman–Crippen MR) is 238 cm³/mol. The lowest BCUT2D eigenvalue weighted by atomic mass is 9.92. The molecule has 0 bridgehead atoms. The van der Waals surface area contributed by atoms with Crippen LogP contribution in [0.4, 0.5) is 5.69 Å². The summed E-state index contributed by atoms with van der Waals surface area (Å²) in [6.07, 6.45) is -6.94. The number of ether oxygens (including phenoxy) is 12. The second-order valence-electron chi connectivity index (χ2n) is 15.8. The Morgan fingerprint density at radius 1 is 0.667 bits per heavy atom. The number of hydrogen-bond acceptors (Lipinski definition) is 19. The highest BCUT2D eigenvalue weighted by atomic mass is 32.1. The van der Waals surface area contributed by atoms with E-state index in [9.17, 15) is 24.3 Å². The summed E-state index contributed by atoms with van der Waals surface area (Å²) in [5.74, 6) is -2.79. The number of rotatable bonds is 13. The molecule has 0 amide bonds. The van der Waals surface area contributed by atoms with Crippen LogP contribution in [0.5, 0.6) is 0 Å². The number of anilines is 1. The molecule has 20 heteroatoms. The summed E-state index contributed by atoms with van der Waals surface area (Å²) >= 11 is 5.82. The molecule has 66 heavy (non-hydrogen) atoms. The van der Waals surface area contributed by atoms with Crippen LogP contribution in [0, 0.1) is 0 Å². The van der Waals surface area contributed by atoms with Crippen molar-refractivity contribution in [3.63, 3.8) is 0 Å². The topological polar surface area (TPSA) is 215 Å². The lowest BCUT2D eigenvalue weighted by Crippen LogP contribution is -2.62. The minimum Gasteiger partial charge on any atom is -0.463 e. The Labute approximate surface area is 390 Å². The number of nitrogens with one attached hydrogen (secondary N) is 1. The Hall–Kier alpha value is -4.19. The highest BCUT2D eigenvalue weighted by Gasteiger charge is 2.52. The van der Waals surface area contributed by atoms with Gasteiger partial charge >= 0.3 is 23.9 Å². The zero-order valence-electron chi connectivity index (χ0n) is 38.1. The fourth-order valence-corrected chi connectivity index (χ4v) is 7.91. The molecule has 3 aliphatic rings. The van der Waals surface area contributed by atoms with E-state index in [1.165, 1.54) is 13.8 Å². The molecule has 0 radical (unpaired) electrons. The third-order valence-corrected chi connectivity index (χ3v) is 10.9. The van der Waals surface area contributed by atoms with Crippen molar-refractivity contribution >= 4 is 46.8 Å². The van der Waals surface area contributed by atoms with Gasteiger partial charge in [0.25, 0.3) is 0 Å². The first-order valence-electron chi connectivity index (χ1n) is 22.2. The zero-order valence-corrected chi connectivity index (χ0v) is 38.9. The average molecular weight is 949 g/mol. The smallest absolute Gasteiger partial charge is 0.303 e. The minimum atomic E-state index is -1.32. The van der Waals surface area contributed by atoms with E-state index in [1.54, 1.807) is 0 Å². The second-order valence-corrected chi connectivity index (χ2v) is 16.3. The molecule has 0 spiro atoms. The predicted octanol–water partition coefficient (Wildman–Crippen LogP) is 3.38. The molecule has 2 aromatic rings. The maximum Gasteiger partial charge on any atom is 0.303 e. The van der Waals surface area contributed by atoms with Crippen LogP contribution in [0.3, 0.4) is 0 Å². The average Bonchev–Trinajstić information content (AvgIpc) is 3.27. The van der Waals surface area contributed by atoms with E-state index in [0.717, 1.165) is 25.0 Å². The van der Waals surface area contributed by atoms with Crippen LogP contribution >= 0.6 is 12.2 Å². The number of aliphatic hydroxyl groups excluding tert-OH is 1. The largest absolute Gasteiger partial charge is 0.463 e. The van der Waals surface area contributed by atoms with E-state index in [-0.39, 0.29) is 36.8 Å². The molecule has 366 valence electrons. The van der Waals surface area contributed by atoms with Crippen LogP contribution in [0.25, 0.3) is 0 Å². The third kappa shape index (κ3) is 18.1. The Balaban J connectivity index is 1.33. The molecule has 3 saturated heterocycles. The van der Waals surface area contributed by atoms with Crippen molar-refractivity contribution in [2.45, 2.75) is 96.2 Å². The highest BCUT2D eigenvalue weighted by molar-refractivity contribution is 7.80. The van der Waals surface area contributed by atoms with Crippen molar-refractivity contribution < 1.29 is 81.1 Å². The summed E-state index contributed by atoms with van der Waals surface area (Å²) in [5.41, 5.74) is 3.00. The van der Waals surface area contributed by atoms with Gasteiger partial charge in [-0.25, -0.2) is 0 Å². The maximum absolute atomic E-state index is 12.4. The van der Waals surface area contributed by atoms with Crippen LogP contribution in [-0.2, 0) is 82.6 Å². The van der Waals surface area contributed by atoms with Gasteiger partial charge in [-0.2, -0.15) is 0 Å². The van der Waals surface area contributed by atoms with Crippen LogP contribution in [0.1, 0.15) is 69.6 Å². The molecular formula is C46H64N2O17S. The molecule has 3 fully saturated rings. The van der Waals surface area contributed by atoms with Gasteiger partial charge in [0.2, 0.25) is 0 Å². The number of nitrogens with zero attached hydrogens (tertiary/aromatic N) is 1. The molecule has 2 aromatic carbocycles. The Bertz CT molecular complexity index is 1820. The summed E-state index contributed by atoms with van der Waals surface area (Å²) in [6.45, 7) is 10.8. The summed E-state index contributed by atoms with van der Waals surface area (Å²) in [7, 11) is 0. The van der Waals surface area contributed by atoms with Crippen molar-refractivity contribution in [3.8, 4) is 0 Å². The minimum absolute atomic E-state index is 0.0542. The molecule has 8 unspecified atom stereocenters. The first kappa shape index (κ1) is 52.8. The Morgan fingerprint density at radius 3 is 1.76 bits per heavy atom. The molecule has 8 atom stereocenters. The number of carbonyl (C=O) groups excluding carboxylic acids is 4. The maximum atomic E-state index is 12.4. The summed E-state index contributed by atoms with van der Waals surface area (Å²) in [6, 6.07) is 15.0. The molecule has 0 aliphatic carbocycles. The standard InChI is InChI=1S/C46H64N2O17S/c1-30(50)59-29-41-44(61-32(3)52)45(62-33(4)53)43(60-31(2)51)40(64-41)26-42(66)47-37-7-5-6-36(24-37)46-63-38(25-39(65-46)35-10-8-34(28-49)9-11-35)27-48-12-14-54-16-18-56-20-22-58-23-21-57-19-17-55-15-13-48/h5-11,24,38-41,43-46,49H,12-23,25-29H2,1-4H3,(H,47,66). The van der Waals surface area contributed by atoms with Crippen LogP contribution in [0.2, 0.25) is 0 Å². The van der Waals surface area contributed by atoms with Gasteiger partial charge in [0.15, 0.2) is 24.6 Å². The van der Waals surface area contributed by atoms with E-state index >= 15 is 0 Å². The van der Waals surface area contributed by atoms with E-state index in [2.05, 4.69) is 10.2 Å². The summed E-state index contributed by atoms with van der Waals surface area (Å²) in [5, 5.41) is 13.0. The molecule has 2 N–H and O–H groups in total. The number of carbonyl (C=O) groups is 4. The number of thiocarbonyl (C=S) groups is 1. The first-order chi connectivity index (χ1) is 31.9. The van der Waals surface area contributed by atoms with Gasteiger partial charge in [-0.05, 0) is 23.3 Å². The molecule has 19 nitrogen and oxygen atoms in total. The van der Waals surface area contributed by atoms with Crippen molar-refractivity contribution in [1.29, 1.82) is 0 Å². The number of hydrogen-bond donors (Lipinski definition) is 2. The van der Waals surface area contributed by atoms with Gasteiger partial charge in [-0.3, -0.25) is 24.1 Å². The third-order valence-electron chi connectivity index (χ3n) is 10.6. The Morgan fingerprint density at radius 2 is 1.21 bits per heavy atom. The molecular weight excluding hydrogens is 885 g/mol. The van der Waals surface area contributed by atoms with Gasteiger partial charge in [0.05, 0.1) is 89.9 Å². The van der Waals surface area contributed by atoms with Crippen molar-refractivity contribution in [3.05, 3.63) is 65.2 Å². The zero-order chi connectivity index (χ0) is 47.3. The van der Waals surface area contributed by atoms with E-state index in [4.69, 9.17) is 69.1 Å². The van der Waals surface area contributed by atoms with Gasteiger partial charge in [0.1, 0.15) is 18.8 Å². The number of esters is 4. The quantitative estimate of drug-likeness (QED) is 0.167. The summed E-state index contributed by atoms with van der Waals surface area (Å²) in [4.78, 5) is 51.2. The van der Waals surface area contributed by atoms with Gasteiger partial charge in [0, 0.05) is 71.4 Å². The van der Waals surface area contributed by atoms with Crippen LogP contribution < -0.4 is 5.32 Å². The monoisotopic (exact) mass is 948 g/mol. The molecule has 3 heterocycles. The second kappa shape index (κ2) is 28.2. The van der Waals surface area contributed by atoms with Gasteiger partial charge in [-0.1, -0.05) is 48.6 Å². The molecule has 3 aliphatic heterocycles. The fourth-order valence-electron chi connectivity index (χ4n) is 7.62. The Kier molecular flexibility index (Phi) is 22.6. The lowest BCUT2D eigenvalue weighted by Gasteiger charge is -2.44. The lowest BCUT2D eigenvalue weighted by molar-refractivity contribution is -0.253. The van der Waals surface area contributed by atoms with Gasteiger partial charge < -0.3 is 67.3 Å². The number of benzene rings is 2. The van der Waals surface area contributed by atoms with Crippen molar-refractivity contribution in [2.24, 2.45) is 0 Å². The highest BCUT2D eigenvalue weighted by Crippen LogP contribution is 2.39. The van der Waals surface area contributed by atoms with Crippen molar-refractivity contribution in [2.75, 3.05) is 97.6 Å². The SMILES string of the molecule is CC(=O)OCC1OC(CC(=S)Nc2cccc(C3OC(CN4CCOCCOCCOCCOCCOCC4)CC(c4ccc(CO)cc4)O3)c2)C(OC(C)=O)C(OC(C)=O)C1OC(C)=O.